The van der Waals surface area contributed by atoms with Gasteiger partial charge in [-0.2, -0.15) is 0 Å². The molecule has 0 heterocycles. The fraction of sp³-hybridized carbons (Fsp3) is 0.734. The topological polar surface area (TPSA) is 108 Å². The van der Waals surface area contributed by atoms with Gasteiger partial charge in [0.25, 0.3) is 7.82 Å². The molecule has 0 aliphatic heterocycles. The number of rotatable bonds is 54. The van der Waals surface area contributed by atoms with Gasteiger partial charge in [-0.1, -0.05) is 259 Å². The lowest BCUT2D eigenvalue weighted by molar-refractivity contribution is -0.870. The van der Waals surface area contributed by atoms with Gasteiger partial charge in [-0.15, -0.1) is 0 Å². The highest BCUT2D eigenvalue weighted by Gasteiger charge is 2.23. The molecule has 0 aromatic rings. The standard InChI is InChI=1S/C64H115N2O6P/c1-6-8-10-12-14-16-18-20-22-24-25-26-27-28-29-30-31-32-33-34-35-36-37-38-39-40-41-42-44-46-48-50-52-54-56-58-64(68)65-62(61-72-73(69,70)71-60-59-66(3,4)5)63(67)57-55-53-51-49-47-45-43-23-21-19-17-15-13-11-9-7-2/h8,10,14,16,20,22,25-26,28-29,31-32,47,49,55,57,62-63,67H,6-7,9,11-13,15,17-19,21,23-24,27,30,33-46,48,50-54,56,58-61H2,1-5H3,(H-,65,68,69,70)/b10-8-,16-14-,22-20-,26-25-,29-28-,32-31-,49-47+,57-55+. The number of aliphatic hydroxyl groups excluding tert-OH is 1. The summed E-state index contributed by atoms with van der Waals surface area (Å²) in [6.07, 6.45) is 77.8. The van der Waals surface area contributed by atoms with E-state index in [4.69, 9.17) is 9.05 Å². The Morgan fingerprint density at radius 1 is 0.493 bits per heavy atom. The first-order valence-corrected chi connectivity index (χ1v) is 31.6. The van der Waals surface area contributed by atoms with Crippen LogP contribution < -0.4 is 10.2 Å². The molecule has 0 aromatic carbocycles. The fourth-order valence-electron chi connectivity index (χ4n) is 8.35. The fourth-order valence-corrected chi connectivity index (χ4v) is 9.07. The van der Waals surface area contributed by atoms with Crippen molar-refractivity contribution in [3.8, 4) is 0 Å². The van der Waals surface area contributed by atoms with Crippen molar-refractivity contribution in [2.45, 2.75) is 264 Å². The van der Waals surface area contributed by atoms with Crippen molar-refractivity contribution in [2.75, 3.05) is 40.9 Å². The third-order valence-electron chi connectivity index (χ3n) is 13.0. The number of phosphoric ester groups is 1. The zero-order valence-electron chi connectivity index (χ0n) is 48.1. The summed E-state index contributed by atoms with van der Waals surface area (Å²) in [5.74, 6) is -0.209. The number of hydrogen-bond acceptors (Lipinski definition) is 6. The maximum atomic E-state index is 13.0. The van der Waals surface area contributed by atoms with Gasteiger partial charge in [-0.25, -0.2) is 0 Å². The molecule has 0 radical (unpaired) electrons. The first-order chi connectivity index (χ1) is 35.5. The van der Waals surface area contributed by atoms with Crippen LogP contribution in [0.25, 0.3) is 0 Å². The molecule has 0 saturated carbocycles. The minimum Gasteiger partial charge on any atom is -0.756 e. The predicted molar refractivity (Wildman–Crippen MR) is 316 cm³/mol. The second kappa shape index (κ2) is 54.2. The van der Waals surface area contributed by atoms with Crippen molar-refractivity contribution in [1.82, 2.24) is 5.32 Å². The Bertz CT molecular complexity index is 1510. The Kier molecular flexibility index (Phi) is 52.3. The van der Waals surface area contributed by atoms with Gasteiger partial charge in [0.2, 0.25) is 5.91 Å². The van der Waals surface area contributed by atoms with Gasteiger partial charge < -0.3 is 28.8 Å². The highest BCUT2D eigenvalue weighted by Crippen LogP contribution is 2.38. The molecule has 0 aliphatic carbocycles. The lowest BCUT2D eigenvalue weighted by Crippen LogP contribution is -2.45. The Morgan fingerprint density at radius 2 is 0.849 bits per heavy atom. The van der Waals surface area contributed by atoms with Gasteiger partial charge in [-0.3, -0.25) is 9.36 Å². The number of allylic oxidation sites excluding steroid dienone is 15. The number of likely N-dealkylation sites (N-methyl/N-ethyl adjacent to an activating group) is 1. The lowest BCUT2D eigenvalue weighted by atomic mass is 10.0. The number of phosphoric acid groups is 1. The number of carbonyl (C=O) groups is 1. The van der Waals surface area contributed by atoms with Crippen molar-refractivity contribution in [2.24, 2.45) is 0 Å². The number of nitrogens with one attached hydrogen (secondary N) is 1. The van der Waals surface area contributed by atoms with E-state index in [1.807, 2.05) is 27.2 Å². The van der Waals surface area contributed by atoms with E-state index in [1.165, 1.54) is 154 Å². The van der Waals surface area contributed by atoms with Crippen LogP contribution in [-0.4, -0.2) is 68.5 Å². The summed E-state index contributed by atoms with van der Waals surface area (Å²) >= 11 is 0. The quantitative estimate of drug-likeness (QED) is 0.0272. The van der Waals surface area contributed by atoms with Gasteiger partial charge >= 0.3 is 0 Å². The third-order valence-corrected chi connectivity index (χ3v) is 14.0. The maximum absolute atomic E-state index is 13.0. The summed E-state index contributed by atoms with van der Waals surface area (Å²) < 4.78 is 23.3. The van der Waals surface area contributed by atoms with Crippen molar-refractivity contribution in [3.05, 3.63) is 97.2 Å². The van der Waals surface area contributed by atoms with Crippen LogP contribution in [0.15, 0.2) is 97.2 Å². The highest BCUT2D eigenvalue weighted by atomic mass is 31.2. The van der Waals surface area contributed by atoms with E-state index < -0.39 is 26.6 Å². The summed E-state index contributed by atoms with van der Waals surface area (Å²) in [6.45, 7) is 4.52. The molecule has 0 aliphatic rings. The molecule has 73 heavy (non-hydrogen) atoms. The van der Waals surface area contributed by atoms with Gasteiger partial charge in [-0.05, 0) is 83.5 Å². The smallest absolute Gasteiger partial charge is 0.268 e. The zero-order chi connectivity index (χ0) is 53.5. The molecule has 0 spiro atoms. The third kappa shape index (κ3) is 57.0. The van der Waals surface area contributed by atoms with Crippen LogP contribution in [-0.2, 0) is 18.4 Å². The second-order valence-electron chi connectivity index (χ2n) is 21.3. The Balaban J connectivity index is 4.09. The molecule has 422 valence electrons. The van der Waals surface area contributed by atoms with E-state index in [0.717, 1.165) is 77.0 Å². The monoisotopic (exact) mass is 1040 g/mol. The molecule has 0 bridgehead atoms. The Hall–Kier alpha value is -2.58. The van der Waals surface area contributed by atoms with Crippen molar-refractivity contribution < 1.29 is 32.9 Å². The van der Waals surface area contributed by atoms with E-state index in [1.54, 1.807) is 6.08 Å². The number of quaternary nitrogens is 1. The molecule has 0 rings (SSSR count). The molecular weight excluding hydrogens is 924 g/mol. The van der Waals surface area contributed by atoms with E-state index in [2.05, 4.69) is 104 Å². The van der Waals surface area contributed by atoms with Crippen molar-refractivity contribution in [3.63, 3.8) is 0 Å². The van der Waals surface area contributed by atoms with E-state index in [0.29, 0.717) is 17.4 Å². The molecule has 3 atom stereocenters. The van der Waals surface area contributed by atoms with Gasteiger partial charge in [0, 0.05) is 6.42 Å². The zero-order valence-corrected chi connectivity index (χ0v) is 49.0. The SMILES string of the molecule is CC/C=C\C/C=C\C/C=C\C/C=C\C/C=C\C/C=C\CCCCCCCCCCCCCCCCCCC(=O)NC(COP(=O)([O-])OCC[N+](C)(C)C)C(O)/C=C/CC/C=C/CCCCCCCCCCCC. The molecule has 0 aromatic heterocycles. The number of unbranched alkanes of at least 4 members (excludes halogenated alkanes) is 27. The average molecular weight is 1040 g/mol. The maximum Gasteiger partial charge on any atom is 0.268 e. The first kappa shape index (κ1) is 70.4. The molecule has 9 heteroatoms. The van der Waals surface area contributed by atoms with Crippen LogP contribution >= 0.6 is 7.82 Å². The number of aliphatic hydroxyl groups is 1. The summed E-state index contributed by atoms with van der Waals surface area (Å²) in [5.41, 5.74) is 0. The molecule has 1 amide bonds. The Morgan fingerprint density at radius 3 is 1.27 bits per heavy atom. The van der Waals surface area contributed by atoms with Crippen LogP contribution in [0, 0.1) is 0 Å². The number of hydrogen-bond donors (Lipinski definition) is 2. The van der Waals surface area contributed by atoms with Crippen LogP contribution in [0.4, 0.5) is 0 Å². The van der Waals surface area contributed by atoms with Crippen LogP contribution in [0.5, 0.6) is 0 Å². The average Bonchev–Trinajstić information content (AvgIpc) is 3.35. The second-order valence-corrected chi connectivity index (χ2v) is 22.7. The largest absolute Gasteiger partial charge is 0.756 e. The minimum absolute atomic E-state index is 0.00898. The van der Waals surface area contributed by atoms with E-state index in [-0.39, 0.29) is 12.5 Å². The minimum atomic E-state index is -4.61. The van der Waals surface area contributed by atoms with Gasteiger partial charge in [0.05, 0.1) is 39.9 Å². The van der Waals surface area contributed by atoms with Crippen LogP contribution in [0.1, 0.15) is 251 Å². The molecule has 0 fully saturated rings. The highest BCUT2D eigenvalue weighted by molar-refractivity contribution is 7.45. The molecule has 3 unspecified atom stereocenters. The van der Waals surface area contributed by atoms with Gasteiger partial charge in [0.15, 0.2) is 0 Å². The molecule has 0 saturated heterocycles. The molecular formula is C64H115N2O6P. The predicted octanol–water partition coefficient (Wildman–Crippen LogP) is 18.0. The number of nitrogens with zero attached hydrogens (tertiary/aromatic N) is 1. The lowest BCUT2D eigenvalue weighted by Gasteiger charge is -2.29. The van der Waals surface area contributed by atoms with Crippen molar-refractivity contribution in [1.29, 1.82) is 0 Å². The number of amides is 1. The molecule has 2 N–H and O–H groups in total. The summed E-state index contributed by atoms with van der Waals surface area (Å²) in [5, 5.41) is 13.9. The summed E-state index contributed by atoms with van der Waals surface area (Å²) in [4.78, 5) is 25.5. The van der Waals surface area contributed by atoms with E-state index in [9.17, 15) is 19.4 Å². The van der Waals surface area contributed by atoms with Crippen molar-refractivity contribution >= 4 is 13.7 Å². The number of carbonyl (C=O) groups excluding carboxylic acids is 1. The normalized spacial score (nSPS) is 14.6. The van der Waals surface area contributed by atoms with Crippen LogP contribution in [0.2, 0.25) is 0 Å². The van der Waals surface area contributed by atoms with Crippen LogP contribution in [0.3, 0.4) is 0 Å². The first-order valence-electron chi connectivity index (χ1n) is 30.1. The van der Waals surface area contributed by atoms with E-state index >= 15 is 0 Å². The summed E-state index contributed by atoms with van der Waals surface area (Å²) in [6, 6.07) is -0.907. The summed E-state index contributed by atoms with van der Waals surface area (Å²) in [7, 11) is 1.24. The van der Waals surface area contributed by atoms with Gasteiger partial charge in [0.1, 0.15) is 13.2 Å². The molecule has 8 nitrogen and oxygen atoms in total. The Labute approximate surface area is 451 Å².